The number of ether oxygens (including phenoxy) is 1. The fraction of sp³-hybridized carbons (Fsp3) is 0.296. The molecule has 1 atom stereocenters. The first kappa shape index (κ1) is 25.7. The number of esters is 1. The van der Waals surface area contributed by atoms with Crippen LogP contribution in [-0.4, -0.2) is 54.0 Å². The molecule has 0 saturated carbocycles. The van der Waals surface area contributed by atoms with Gasteiger partial charge in [0, 0.05) is 24.4 Å². The normalized spacial score (nSPS) is 17.0. The predicted molar refractivity (Wildman–Crippen MR) is 139 cm³/mol. The SMILES string of the molecule is CC1=C(C(=O)OCc2ccccc2)[C@H](c2ccccc2F)N2C(CC(=O)NCCN(C)C)=CSC2=N1. The van der Waals surface area contributed by atoms with Crippen LogP contribution in [-0.2, 0) is 20.9 Å². The summed E-state index contributed by atoms with van der Waals surface area (Å²) in [5, 5.41) is 5.34. The van der Waals surface area contributed by atoms with Crippen molar-refractivity contribution < 1.29 is 18.7 Å². The fourth-order valence-corrected chi connectivity index (χ4v) is 5.03. The van der Waals surface area contributed by atoms with E-state index in [1.165, 1.54) is 17.8 Å². The summed E-state index contributed by atoms with van der Waals surface area (Å²) in [4.78, 5) is 34.5. The minimum atomic E-state index is -0.808. The lowest BCUT2D eigenvalue weighted by Crippen LogP contribution is -2.39. The topological polar surface area (TPSA) is 74.2 Å². The molecule has 2 aromatic carbocycles. The van der Waals surface area contributed by atoms with Crippen molar-refractivity contribution in [3.63, 3.8) is 0 Å². The molecule has 2 aromatic rings. The third-order valence-corrected chi connectivity index (χ3v) is 6.74. The van der Waals surface area contributed by atoms with Gasteiger partial charge in [-0.15, -0.1) is 0 Å². The molecule has 1 amide bonds. The van der Waals surface area contributed by atoms with Gasteiger partial charge in [-0.1, -0.05) is 60.3 Å². The van der Waals surface area contributed by atoms with Gasteiger partial charge in [0.15, 0.2) is 5.17 Å². The average molecular weight is 509 g/mol. The Hall–Kier alpha value is -3.43. The predicted octanol–water partition coefficient (Wildman–Crippen LogP) is 4.21. The summed E-state index contributed by atoms with van der Waals surface area (Å²) in [6, 6.07) is 14.9. The van der Waals surface area contributed by atoms with Crippen LogP contribution in [0.4, 0.5) is 4.39 Å². The van der Waals surface area contributed by atoms with E-state index in [-0.39, 0.29) is 24.5 Å². The van der Waals surface area contributed by atoms with Gasteiger partial charge in [0.1, 0.15) is 12.4 Å². The second kappa shape index (κ2) is 11.5. The van der Waals surface area contributed by atoms with Gasteiger partial charge in [0.25, 0.3) is 0 Å². The Morgan fingerprint density at radius 2 is 1.86 bits per heavy atom. The number of halogens is 1. The molecule has 0 unspecified atom stereocenters. The monoisotopic (exact) mass is 508 g/mol. The van der Waals surface area contributed by atoms with E-state index < -0.39 is 17.8 Å². The minimum absolute atomic E-state index is 0.0792. The lowest BCUT2D eigenvalue weighted by atomic mass is 9.93. The molecule has 188 valence electrons. The Bertz CT molecular complexity index is 1230. The first-order valence-corrected chi connectivity index (χ1v) is 12.5. The number of hydrogen-bond donors (Lipinski definition) is 1. The first-order chi connectivity index (χ1) is 17.3. The Morgan fingerprint density at radius 3 is 2.58 bits per heavy atom. The van der Waals surface area contributed by atoms with E-state index in [1.54, 1.807) is 30.0 Å². The van der Waals surface area contributed by atoms with E-state index in [1.807, 2.05) is 54.7 Å². The van der Waals surface area contributed by atoms with Gasteiger partial charge in [0.2, 0.25) is 5.91 Å². The summed E-state index contributed by atoms with van der Waals surface area (Å²) in [5.41, 5.74) is 2.53. The number of nitrogens with one attached hydrogen (secondary N) is 1. The lowest BCUT2D eigenvalue weighted by Gasteiger charge is -2.36. The number of allylic oxidation sites excluding steroid dienone is 1. The van der Waals surface area contributed by atoms with Gasteiger partial charge < -0.3 is 19.9 Å². The molecular weight excluding hydrogens is 479 g/mol. The zero-order chi connectivity index (χ0) is 25.7. The second-order valence-corrected chi connectivity index (χ2v) is 9.64. The van der Waals surface area contributed by atoms with E-state index in [9.17, 15) is 9.59 Å². The van der Waals surface area contributed by atoms with Crippen LogP contribution in [0.2, 0.25) is 0 Å². The molecule has 36 heavy (non-hydrogen) atoms. The largest absolute Gasteiger partial charge is 0.457 e. The molecule has 0 spiro atoms. The van der Waals surface area contributed by atoms with Gasteiger partial charge >= 0.3 is 5.97 Å². The fourth-order valence-electron chi connectivity index (χ4n) is 4.07. The van der Waals surface area contributed by atoms with E-state index in [2.05, 4.69) is 10.3 Å². The second-order valence-electron chi connectivity index (χ2n) is 8.81. The number of carbonyl (C=O) groups excluding carboxylic acids is 2. The molecule has 0 saturated heterocycles. The summed E-state index contributed by atoms with van der Waals surface area (Å²) in [7, 11) is 3.87. The third-order valence-electron chi connectivity index (χ3n) is 5.86. The number of benzene rings is 2. The molecule has 0 aromatic heterocycles. The highest BCUT2D eigenvalue weighted by Gasteiger charge is 2.42. The van der Waals surface area contributed by atoms with Crippen molar-refractivity contribution in [2.75, 3.05) is 27.2 Å². The average Bonchev–Trinajstić information content (AvgIpc) is 3.24. The number of carbonyl (C=O) groups is 2. The molecule has 2 aliphatic heterocycles. The number of rotatable bonds is 9. The van der Waals surface area contributed by atoms with Crippen LogP contribution in [0.15, 0.2) is 82.0 Å². The number of amidine groups is 1. The summed E-state index contributed by atoms with van der Waals surface area (Å²) in [5.74, 6) is -1.17. The van der Waals surface area contributed by atoms with Crippen molar-refractivity contribution in [3.05, 3.63) is 93.9 Å². The summed E-state index contributed by atoms with van der Waals surface area (Å²) >= 11 is 1.35. The minimum Gasteiger partial charge on any atom is -0.457 e. The highest BCUT2D eigenvalue weighted by Crippen LogP contribution is 2.45. The van der Waals surface area contributed by atoms with Crippen molar-refractivity contribution in [1.29, 1.82) is 0 Å². The maximum absolute atomic E-state index is 15.1. The number of hydrogen-bond acceptors (Lipinski definition) is 7. The van der Waals surface area contributed by atoms with E-state index in [0.29, 0.717) is 35.2 Å². The van der Waals surface area contributed by atoms with Crippen LogP contribution in [0.1, 0.15) is 30.5 Å². The van der Waals surface area contributed by atoms with Crippen LogP contribution >= 0.6 is 11.8 Å². The first-order valence-electron chi connectivity index (χ1n) is 11.7. The molecule has 2 heterocycles. The maximum Gasteiger partial charge on any atom is 0.338 e. The number of aliphatic imine (C=N–C) groups is 1. The van der Waals surface area contributed by atoms with Crippen molar-refractivity contribution in [2.24, 2.45) is 4.99 Å². The third kappa shape index (κ3) is 5.85. The van der Waals surface area contributed by atoms with Gasteiger partial charge in [-0.25, -0.2) is 14.2 Å². The van der Waals surface area contributed by atoms with Gasteiger partial charge in [-0.3, -0.25) is 4.79 Å². The molecule has 1 N–H and O–H groups in total. The van der Waals surface area contributed by atoms with Gasteiger partial charge in [0.05, 0.1) is 23.7 Å². The quantitative estimate of drug-likeness (QED) is 0.512. The molecule has 9 heteroatoms. The van der Waals surface area contributed by atoms with Crippen LogP contribution in [0.5, 0.6) is 0 Å². The molecule has 0 bridgehead atoms. The zero-order valence-corrected chi connectivity index (χ0v) is 21.3. The van der Waals surface area contributed by atoms with Gasteiger partial charge in [-0.2, -0.15) is 0 Å². The summed E-state index contributed by atoms with van der Waals surface area (Å²) in [6.07, 6.45) is 0.0792. The highest BCUT2D eigenvalue weighted by atomic mass is 32.2. The molecule has 2 aliphatic rings. The van der Waals surface area contributed by atoms with Gasteiger partial charge in [-0.05, 0) is 38.1 Å². The van der Waals surface area contributed by atoms with E-state index in [0.717, 1.165) is 5.56 Å². The van der Waals surface area contributed by atoms with Crippen LogP contribution in [0.25, 0.3) is 0 Å². The van der Waals surface area contributed by atoms with E-state index >= 15 is 4.39 Å². The molecule has 4 rings (SSSR count). The molecule has 0 aliphatic carbocycles. The Balaban J connectivity index is 1.62. The smallest absolute Gasteiger partial charge is 0.338 e. The maximum atomic E-state index is 15.1. The highest BCUT2D eigenvalue weighted by molar-refractivity contribution is 8.16. The molecule has 7 nitrogen and oxygen atoms in total. The standard InChI is InChI=1S/C27H29FN4O3S/c1-18-24(26(34)35-16-19-9-5-4-6-10-19)25(21-11-7-8-12-22(21)28)32-20(17-36-27(32)30-18)15-23(33)29-13-14-31(2)3/h4-12,17,25H,13-16H2,1-3H3,(H,29,33)/t25-/m0/s1. The van der Waals surface area contributed by atoms with Crippen LogP contribution in [0.3, 0.4) is 0 Å². The van der Waals surface area contributed by atoms with Crippen molar-refractivity contribution in [3.8, 4) is 0 Å². The van der Waals surface area contributed by atoms with Crippen molar-refractivity contribution in [1.82, 2.24) is 15.1 Å². The van der Waals surface area contributed by atoms with Crippen LogP contribution in [0, 0.1) is 5.82 Å². The molecular formula is C27H29FN4O3S. The Labute approximate surface area is 214 Å². The molecule has 0 fully saturated rings. The van der Waals surface area contributed by atoms with E-state index in [4.69, 9.17) is 4.74 Å². The zero-order valence-electron chi connectivity index (χ0n) is 20.5. The van der Waals surface area contributed by atoms with Crippen molar-refractivity contribution in [2.45, 2.75) is 26.0 Å². The Morgan fingerprint density at radius 1 is 1.14 bits per heavy atom. The van der Waals surface area contributed by atoms with Crippen molar-refractivity contribution >= 4 is 28.8 Å². The number of fused-ring (bicyclic) bond motifs is 1. The molecule has 0 radical (unpaired) electrons. The number of nitrogens with zero attached hydrogens (tertiary/aromatic N) is 3. The Kier molecular flexibility index (Phi) is 8.22. The number of amides is 1. The van der Waals surface area contributed by atoms with Crippen LogP contribution < -0.4 is 5.32 Å². The summed E-state index contributed by atoms with van der Waals surface area (Å²) in [6.45, 7) is 3.04. The summed E-state index contributed by atoms with van der Waals surface area (Å²) < 4.78 is 20.8. The lowest BCUT2D eigenvalue weighted by molar-refractivity contribution is -0.141. The number of thioether (sulfide) groups is 1. The number of likely N-dealkylation sites (N-methyl/N-ethyl adjacent to an activating group) is 1.